The molecule has 0 N–H and O–H groups in total. The highest BCUT2D eigenvalue weighted by Crippen LogP contribution is 2.45. The first-order valence-electron chi connectivity index (χ1n) is 10.9. The van der Waals surface area contributed by atoms with Gasteiger partial charge in [-0.25, -0.2) is 0 Å². The third-order valence-corrected chi connectivity index (χ3v) is 6.29. The van der Waals surface area contributed by atoms with Crippen LogP contribution in [-0.2, 0) is 43.0 Å². The molecule has 0 aromatic rings. The van der Waals surface area contributed by atoms with Crippen molar-refractivity contribution in [1.82, 2.24) is 4.90 Å². The van der Waals surface area contributed by atoms with E-state index in [4.69, 9.17) is 14.2 Å². The van der Waals surface area contributed by atoms with Crippen LogP contribution in [-0.4, -0.2) is 66.3 Å². The lowest BCUT2D eigenvalue weighted by Crippen LogP contribution is -2.51. The molecule has 4 atom stereocenters. The lowest BCUT2D eigenvalue weighted by atomic mass is 9.67. The molecule has 2 fully saturated rings. The zero-order valence-electron chi connectivity index (χ0n) is 19.0. The average Bonchev–Trinajstić information content (AvgIpc) is 3.27. The number of likely N-dealkylation sites (tertiary alicyclic amines) is 1. The number of hydrogen-bond donors (Lipinski definition) is 0. The largest absolute Gasteiger partial charge is 0.462 e. The van der Waals surface area contributed by atoms with Crippen molar-refractivity contribution in [2.75, 3.05) is 19.8 Å². The highest BCUT2D eigenvalue weighted by atomic mass is 16.6. The molecule has 2 rings (SSSR count). The molecule has 0 spiro atoms. The Bertz CT molecular complexity index is 792. The van der Waals surface area contributed by atoms with E-state index in [0.717, 1.165) is 0 Å². The molecule has 0 saturated carbocycles. The number of nitrogens with zero attached hydrogens (tertiary/aromatic N) is 1. The van der Waals surface area contributed by atoms with Crippen LogP contribution in [0.25, 0.3) is 0 Å². The molecule has 0 aromatic heterocycles. The first-order chi connectivity index (χ1) is 15.1. The van der Waals surface area contributed by atoms with Crippen LogP contribution in [0, 0.1) is 17.3 Å². The molecule has 1 amide bonds. The second kappa shape index (κ2) is 10.7. The SMILES string of the molecule is CCC(C1C(=O)OC(=O)C1C(C)(CC)C(=O)OCCOC(=O)CC(C)=O)N1CCCC1=O. The van der Waals surface area contributed by atoms with Crippen LogP contribution in [0.5, 0.6) is 0 Å². The Balaban J connectivity index is 2.15. The van der Waals surface area contributed by atoms with E-state index in [-0.39, 0.29) is 37.7 Å². The second-order valence-electron chi connectivity index (χ2n) is 8.42. The van der Waals surface area contributed by atoms with Crippen molar-refractivity contribution >= 4 is 35.6 Å². The summed E-state index contributed by atoms with van der Waals surface area (Å²) < 4.78 is 15.0. The number of carbonyl (C=O) groups excluding carboxylic acids is 6. The first-order valence-corrected chi connectivity index (χ1v) is 10.9. The van der Waals surface area contributed by atoms with Gasteiger partial charge in [0.1, 0.15) is 25.4 Å². The molecule has 0 radical (unpaired) electrons. The molecule has 0 aromatic carbocycles. The van der Waals surface area contributed by atoms with E-state index in [1.165, 1.54) is 13.8 Å². The Labute approximate surface area is 186 Å². The minimum atomic E-state index is -1.38. The zero-order chi connectivity index (χ0) is 24.1. The van der Waals surface area contributed by atoms with E-state index in [1.807, 2.05) is 6.92 Å². The van der Waals surface area contributed by atoms with Gasteiger partial charge in [0.2, 0.25) is 5.91 Å². The van der Waals surface area contributed by atoms with Crippen LogP contribution in [0.3, 0.4) is 0 Å². The van der Waals surface area contributed by atoms with Crippen molar-refractivity contribution in [3.05, 3.63) is 0 Å². The molecule has 2 heterocycles. The van der Waals surface area contributed by atoms with E-state index in [9.17, 15) is 28.8 Å². The number of cyclic esters (lactones) is 2. The Kier molecular flexibility index (Phi) is 8.51. The Morgan fingerprint density at radius 2 is 1.78 bits per heavy atom. The summed E-state index contributed by atoms with van der Waals surface area (Å²) in [7, 11) is 0. The first kappa shape index (κ1) is 25.5. The average molecular weight is 453 g/mol. The predicted octanol–water partition coefficient (Wildman–Crippen LogP) is 1.19. The fourth-order valence-corrected chi connectivity index (χ4v) is 4.44. The maximum Gasteiger partial charge on any atom is 0.319 e. The van der Waals surface area contributed by atoms with Gasteiger partial charge >= 0.3 is 23.9 Å². The quantitative estimate of drug-likeness (QED) is 0.196. The van der Waals surface area contributed by atoms with Gasteiger partial charge in [-0.3, -0.25) is 28.8 Å². The maximum absolute atomic E-state index is 13.0. The molecule has 10 heteroatoms. The number of esters is 4. The van der Waals surface area contributed by atoms with Crippen molar-refractivity contribution in [1.29, 1.82) is 0 Å². The van der Waals surface area contributed by atoms with Crippen LogP contribution in [0.1, 0.15) is 59.8 Å². The fraction of sp³-hybridized carbons (Fsp3) is 0.727. The van der Waals surface area contributed by atoms with Gasteiger partial charge in [0.25, 0.3) is 0 Å². The Morgan fingerprint density at radius 3 is 2.31 bits per heavy atom. The van der Waals surface area contributed by atoms with E-state index >= 15 is 0 Å². The molecule has 2 saturated heterocycles. The highest BCUT2D eigenvalue weighted by Gasteiger charge is 2.60. The van der Waals surface area contributed by atoms with Gasteiger partial charge in [-0.15, -0.1) is 0 Å². The number of carbonyl (C=O) groups is 6. The van der Waals surface area contributed by atoms with Crippen LogP contribution in [0.4, 0.5) is 0 Å². The van der Waals surface area contributed by atoms with Gasteiger partial charge in [-0.1, -0.05) is 13.8 Å². The molecule has 2 aliphatic heterocycles. The highest BCUT2D eigenvalue weighted by molar-refractivity contribution is 6.00. The standard InChI is InChI=1S/C22H31NO9/c1-5-14(23-9-7-8-15(23)25)17-18(20(28)32-19(17)27)22(4,6-2)21(29)31-11-10-30-16(26)12-13(3)24/h14,17-18H,5-12H2,1-4H3. The number of Topliss-reactive ketones (excluding diaryl/α,β-unsaturated/α-hetero) is 1. The van der Waals surface area contributed by atoms with Crippen LogP contribution in [0.2, 0.25) is 0 Å². The zero-order valence-corrected chi connectivity index (χ0v) is 19.0. The molecule has 0 aliphatic carbocycles. The topological polar surface area (TPSA) is 133 Å². The molecular formula is C22H31NO9. The number of rotatable bonds is 11. The molecule has 178 valence electrons. The summed E-state index contributed by atoms with van der Waals surface area (Å²) in [4.78, 5) is 74.6. The number of ether oxygens (including phenoxy) is 3. The van der Waals surface area contributed by atoms with Crippen molar-refractivity contribution in [3.8, 4) is 0 Å². The third kappa shape index (κ3) is 5.34. The Hall–Kier alpha value is -2.78. The van der Waals surface area contributed by atoms with Crippen LogP contribution in [0.15, 0.2) is 0 Å². The number of hydrogen-bond acceptors (Lipinski definition) is 9. The van der Waals surface area contributed by atoms with E-state index in [2.05, 4.69) is 0 Å². The van der Waals surface area contributed by atoms with Gasteiger partial charge in [-0.2, -0.15) is 0 Å². The lowest BCUT2D eigenvalue weighted by Gasteiger charge is -2.37. The summed E-state index contributed by atoms with van der Waals surface area (Å²) in [5.74, 6) is -5.51. The fourth-order valence-electron chi connectivity index (χ4n) is 4.44. The second-order valence-corrected chi connectivity index (χ2v) is 8.42. The minimum Gasteiger partial charge on any atom is -0.462 e. The lowest BCUT2D eigenvalue weighted by molar-refractivity contribution is -0.168. The van der Waals surface area contributed by atoms with E-state index in [1.54, 1.807) is 11.8 Å². The number of amides is 1. The van der Waals surface area contributed by atoms with E-state index < -0.39 is 47.2 Å². The van der Waals surface area contributed by atoms with Crippen molar-refractivity contribution < 1.29 is 43.0 Å². The van der Waals surface area contributed by atoms with Gasteiger partial charge in [-0.05, 0) is 33.1 Å². The van der Waals surface area contributed by atoms with Crippen LogP contribution >= 0.6 is 0 Å². The molecule has 10 nitrogen and oxygen atoms in total. The molecular weight excluding hydrogens is 422 g/mol. The monoisotopic (exact) mass is 453 g/mol. The molecule has 32 heavy (non-hydrogen) atoms. The summed E-state index contributed by atoms with van der Waals surface area (Å²) in [5, 5.41) is 0. The third-order valence-electron chi connectivity index (χ3n) is 6.29. The summed E-state index contributed by atoms with van der Waals surface area (Å²) in [6.45, 7) is 6.29. The van der Waals surface area contributed by atoms with Crippen molar-refractivity contribution in [3.63, 3.8) is 0 Å². The number of ketones is 1. The molecule has 4 unspecified atom stereocenters. The van der Waals surface area contributed by atoms with Crippen molar-refractivity contribution in [2.24, 2.45) is 17.3 Å². The predicted molar refractivity (Wildman–Crippen MR) is 109 cm³/mol. The van der Waals surface area contributed by atoms with Crippen molar-refractivity contribution in [2.45, 2.75) is 65.8 Å². The maximum atomic E-state index is 13.0. The summed E-state index contributed by atoms with van der Waals surface area (Å²) in [6.07, 6.45) is 1.30. The molecule has 0 bridgehead atoms. The Morgan fingerprint density at radius 1 is 1.12 bits per heavy atom. The van der Waals surface area contributed by atoms with Gasteiger partial charge in [0, 0.05) is 19.0 Å². The minimum absolute atomic E-state index is 0.0871. The van der Waals surface area contributed by atoms with Gasteiger partial charge < -0.3 is 19.1 Å². The smallest absolute Gasteiger partial charge is 0.319 e. The van der Waals surface area contributed by atoms with Gasteiger partial charge in [0.05, 0.1) is 17.3 Å². The van der Waals surface area contributed by atoms with Crippen LogP contribution < -0.4 is 0 Å². The summed E-state index contributed by atoms with van der Waals surface area (Å²) in [6, 6.07) is -0.555. The summed E-state index contributed by atoms with van der Waals surface area (Å²) in [5.41, 5.74) is -1.38. The van der Waals surface area contributed by atoms with Gasteiger partial charge in [0.15, 0.2) is 0 Å². The van der Waals surface area contributed by atoms with E-state index in [0.29, 0.717) is 25.8 Å². The normalized spacial score (nSPS) is 23.5. The summed E-state index contributed by atoms with van der Waals surface area (Å²) >= 11 is 0. The molecule has 2 aliphatic rings.